The fourth-order valence-corrected chi connectivity index (χ4v) is 3.91. The molecular formula is C8H11N3O3S2. The van der Waals surface area contributed by atoms with E-state index in [2.05, 4.69) is 4.98 Å². The third kappa shape index (κ3) is 2.22. The quantitative estimate of drug-likeness (QED) is 0.722. The van der Waals surface area contributed by atoms with Gasteiger partial charge in [0.25, 0.3) is 5.56 Å². The standard InChI is InChI=1S/C8H11N3O3S2/c1-16(13,14)4-5-3-15-8-10-6(9)2-7(12)11(5)8/h2,5H,3-4,9H2,1H3/t5-/m1/s1. The van der Waals surface area contributed by atoms with Gasteiger partial charge in [-0.1, -0.05) is 11.8 Å². The zero-order valence-corrected chi connectivity index (χ0v) is 10.2. The van der Waals surface area contributed by atoms with Gasteiger partial charge in [0.15, 0.2) is 5.16 Å². The van der Waals surface area contributed by atoms with E-state index in [-0.39, 0.29) is 23.2 Å². The van der Waals surface area contributed by atoms with Crippen LogP contribution in [0.1, 0.15) is 6.04 Å². The molecule has 0 saturated carbocycles. The van der Waals surface area contributed by atoms with Gasteiger partial charge in [-0.25, -0.2) is 13.4 Å². The van der Waals surface area contributed by atoms with Crippen LogP contribution in [-0.4, -0.2) is 35.7 Å². The van der Waals surface area contributed by atoms with Crippen molar-refractivity contribution < 1.29 is 8.42 Å². The van der Waals surface area contributed by atoms with Crippen LogP contribution < -0.4 is 11.3 Å². The molecule has 0 unspecified atom stereocenters. The smallest absolute Gasteiger partial charge is 0.256 e. The predicted molar refractivity (Wildman–Crippen MR) is 62.4 cm³/mol. The molecule has 0 amide bonds. The van der Waals surface area contributed by atoms with E-state index < -0.39 is 9.84 Å². The Morgan fingerprint density at radius 2 is 2.38 bits per heavy atom. The van der Waals surface area contributed by atoms with Gasteiger partial charge in [-0.2, -0.15) is 0 Å². The van der Waals surface area contributed by atoms with Crippen molar-refractivity contribution in [3.63, 3.8) is 0 Å². The predicted octanol–water partition coefficient (Wildman–Crippen LogP) is -0.483. The first-order valence-corrected chi connectivity index (χ1v) is 7.61. The minimum absolute atomic E-state index is 0.0432. The summed E-state index contributed by atoms with van der Waals surface area (Å²) in [5.41, 5.74) is 5.16. The summed E-state index contributed by atoms with van der Waals surface area (Å²) >= 11 is 1.35. The lowest BCUT2D eigenvalue weighted by Gasteiger charge is -2.11. The first-order valence-electron chi connectivity index (χ1n) is 4.56. The summed E-state index contributed by atoms with van der Waals surface area (Å²) in [5.74, 6) is 0.667. The molecule has 1 aliphatic rings. The number of nitrogens with zero attached hydrogens (tertiary/aromatic N) is 2. The van der Waals surface area contributed by atoms with Crippen molar-refractivity contribution in [3.8, 4) is 0 Å². The Morgan fingerprint density at radius 3 is 3.00 bits per heavy atom. The molecule has 0 aromatic carbocycles. The van der Waals surface area contributed by atoms with Crippen molar-refractivity contribution in [3.05, 3.63) is 16.4 Å². The molecule has 1 aromatic heterocycles. The molecular weight excluding hydrogens is 250 g/mol. The number of aromatic nitrogens is 2. The topological polar surface area (TPSA) is 95.1 Å². The molecule has 88 valence electrons. The number of nitrogens with two attached hydrogens (primary N) is 1. The Morgan fingerprint density at radius 1 is 1.69 bits per heavy atom. The fourth-order valence-electron chi connectivity index (χ4n) is 1.64. The van der Waals surface area contributed by atoms with E-state index in [9.17, 15) is 13.2 Å². The van der Waals surface area contributed by atoms with E-state index >= 15 is 0 Å². The van der Waals surface area contributed by atoms with E-state index in [0.29, 0.717) is 10.9 Å². The van der Waals surface area contributed by atoms with Crippen molar-refractivity contribution in [1.82, 2.24) is 9.55 Å². The number of hydrogen-bond donors (Lipinski definition) is 1. The van der Waals surface area contributed by atoms with Gasteiger partial charge in [0.1, 0.15) is 15.7 Å². The highest BCUT2D eigenvalue weighted by Crippen LogP contribution is 2.30. The number of rotatable bonds is 2. The molecule has 6 nitrogen and oxygen atoms in total. The van der Waals surface area contributed by atoms with Crippen molar-refractivity contribution >= 4 is 27.4 Å². The van der Waals surface area contributed by atoms with Gasteiger partial charge in [-0.3, -0.25) is 9.36 Å². The molecule has 1 atom stereocenters. The molecule has 2 rings (SSSR count). The van der Waals surface area contributed by atoms with E-state index in [1.165, 1.54) is 22.4 Å². The fraction of sp³-hybridized carbons (Fsp3) is 0.500. The number of anilines is 1. The molecule has 1 aromatic rings. The largest absolute Gasteiger partial charge is 0.383 e. The van der Waals surface area contributed by atoms with E-state index in [1.54, 1.807) is 0 Å². The minimum Gasteiger partial charge on any atom is -0.383 e. The third-order valence-corrected chi connectivity index (χ3v) is 4.29. The maximum atomic E-state index is 11.7. The lowest BCUT2D eigenvalue weighted by atomic mass is 10.4. The summed E-state index contributed by atoms with van der Waals surface area (Å²) in [5, 5.41) is 0.499. The van der Waals surface area contributed by atoms with Gasteiger partial charge in [-0.15, -0.1) is 0 Å². The van der Waals surface area contributed by atoms with Gasteiger partial charge < -0.3 is 5.73 Å². The Bertz CT molecular complexity index is 579. The molecule has 0 fully saturated rings. The van der Waals surface area contributed by atoms with Gasteiger partial charge in [0, 0.05) is 18.1 Å². The van der Waals surface area contributed by atoms with Crippen molar-refractivity contribution in [2.75, 3.05) is 23.5 Å². The third-order valence-electron chi connectivity index (χ3n) is 2.20. The van der Waals surface area contributed by atoms with Gasteiger partial charge in [-0.05, 0) is 0 Å². The second kappa shape index (κ2) is 3.77. The molecule has 0 saturated heterocycles. The van der Waals surface area contributed by atoms with Crippen LogP contribution in [0.5, 0.6) is 0 Å². The van der Waals surface area contributed by atoms with Crippen LogP contribution in [0.15, 0.2) is 16.0 Å². The van der Waals surface area contributed by atoms with Crippen LogP contribution in [0.3, 0.4) is 0 Å². The van der Waals surface area contributed by atoms with E-state index in [0.717, 1.165) is 6.26 Å². The second-order valence-corrected chi connectivity index (χ2v) is 6.90. The lowest BCUT2D eigenvalue weighted by Crippen LogP contribution is -2.28. The number of thioether (sulfide) groups is 1. The van der Waals surface area contributed by atoms with Crippen molar-refractivity contribution in [1.29, 1.82) is 0 Å². The second-order valence-electron chi connectivity index (χ2n) is 3.73. The van der Waals surface area contributed by atoms with Gasteiger partial charge in [0.05, 0.1) is 11.8 Å². The van der Waals surface area contributed by atoms with E-state index in [1.807, 2.05) is 0 Å². The first-order chi connectivity index (χ1) is 7.37. The summed E-state index contributed by atoms with van der Waals surface area (Å²) in [6, 6.07) is 0.876. The normalized spacial score (nSPS) is 19.7. The molecule has 1 aliphatic heterocycles. The summed E-state index contributed by atoms with van der Waals surface area (Å²) in [4.78, 5) is 15.7. The highest BCUT2D eigenvalue weighted by molar-refractivity contribution is 7.99. The van der Waals surface area contributed by atoms with Crippen molar-refractivity contribution in [2.24, 2.45) is 0 Å². The Kier molecular flexibility index (Phi) is 2.70. The average Bonchev–Trinajstić information content (AvgIpc) is 2.44. The highest BCUT2D eigenvalue weighted by atomic mass is 32.2. The molecule has 8 heteroatoms. The molecule has 2 heterocycles. The van der Waals surface area contributed by atoms with E-state index in [4.69, 9.17) is 5.73 Å². The zero-order valence-electron chi connectivity index (χ0n) is 8.58. The van der Waals surface area contributed by atoms with Crippen LogP contribution in [0.4, 0.5) is 5.82 Å². The Balaban J connectivity index is 2.44. The first kappa shape index (κ1) is 11.5. The maximum Gasteiger partial charge on any atom is 0.256 e. The molecule has 0 aliphatic carbocycles. The summed E-state index contributed by atoms with van der Waals surface area (Å²) in [6.45, 7) is 0. The van der Waals surface area contributed by atoms with Crippen LogP contribution in [0, 0.1) is 0 Å². The van der Waals surface area contributed by atoms with Crippen LogP contribution in [0.25, 0.3) is 0 Å². The molecule has 0 radical (unpaired) electrons. The lowest BCUT2D eigenvalue weighted by molar-refractivity contribution is 0.530. The Hall–Kier alpha value is -1.02. The number of hydrogen-bond acceptors (Lipinski definition) is 6. The molecule has 0 bridgehead atoms. The monoisotopic (exact) mass is 261 g/mol. The van der Waals surface area contributed by atoms with Gasteiger partial charge >= 0.3 is 0 Å². The van der Waals surface area contributed by atoms with Crippen molar-refractivity contribution in [2.45, 2.75) is 11.2 Å². The number of nitrogen functional groups attached to an aromatic ring is 1. The van der Waals surface area contributed by atoms with Crippen LogP contribution in [0.2, 0.25) is 0 Å². The average molecular weight is 261 g/mol. The number of sulfone groups is 1. The number of fused-ring (bicyclic) bond motifs is 1. The molecule has 2 N–H and O–H groups in total. The van der Waals surface area contributed by atoms with Crippen LogP contribution in [-0.2, 0) is 9.84 Å². The molecule has 0 spiro atoms. The summed E-state index contributed by atoms with van der Waals surface area (Å²) < 4.78 is 23.8. The Labute approximate surface area is 96.8 Å². The minimum atomic E-state index is -3.11. The zero-order chi connectivity index (χ0) is 11.9. The van der Waals surface area contributed by atoms with Gasteiger partial charge in [0.2, 0.25) is 0 Å². The highest BCUT2D eigenvalue weighted by Gasteiger charge is 2.28. The SMILES string of the molecule is CS(=O)(=O)C[C@H]1CSc2nc(N)cc(=O)n21. The summed E-state index contributed by atoms with van der Waals surface area (Å²) in [7, 11) is -3.11. The van der Waals surface area contributed by atoms with Crippen LogP contribution >= 0.6 is 11.8 Å². The maximum absolute atomic E-state index is 11.7. The molecule has 16 heavy (non-hydrogen) atoms. The summed E-state index contributed by atoms with van der Waals surface area (Å²) in [6.07, 6.45) is 1.16.